The molecule has 0 radical (unpaired) electrons. The second-order valence-corrected chi connectivity index (χ2v) is 8.54. The molecular weight excluding hydrogens is 385 g/mol. The van der Waals surface area contributed by atoms with Crippen LogP contribution in [0.5, 0.6) is 0 Å². The maximum atomic E-state index is 12.1. The number of nitrogens with one attached hydrogen (secondary N) is 1. The molecule has 144 valence electrons. The second kappa shape index (κ2) is 9.32. The number of halogens is 2. The normalized spacial score (nSPS) is 22.0. The van der Waals surface area contributed by atoms with Gasteiger partial charge in [0.05, 0.1) is 11.9 Å². The minimum absolute atomic E-state index is 0. The van der Waals surface area contributed by atoms with E-state index in [-0.39, 0.29) is 41.7 Å². The Morgan fingerprint density at radius 3 is 2.48 bits per heavy atom. The highest BCUT2D eigenvalue weighted by atomic mass is 35.5. The van der Waals surface area contributed by atoms with Crippen LogP contribution >= 0.6 is 24.8 Å². The van der Waals surface area contributed by atoms with Crippen molar-refractivity contribution < 1.29 is 8.42 Å². The summed E-state index contributed by atoms with van der Waals surface area (Å²) < 4.78 is 24.2. The summed E-state index contributed by atoms with van der Waals surface area (Å²) in [7, 11) is -3.33. The zero-order chi connectivity index (χ0) is 16.4. The summed E-state index contributed by atoms with van der Waals surface area (Å²) in [5.41, 5.74) is 6.61. The van der Waals surface area contributed by atoms with E-state index in [1.165, 1.54) is 12.5 Å². The SMILES string of the molecule is CS(=O)(=O)c1cnc(N2CCC(N)CC2)nc1C1CCCNC1.Cl.Cl. The highest BCUT2D eigenvalue weighted by Crippen LogP contribution is 2.29. The molecule has 2 aliphatic rings. The van der Waals surface area contributed by atoms with Gasteiger partial charge in [-0.25, -0.2) is 18.4 Å². The molecule has 3 rings (SSSR count). The molecule has 1 aromatic rings. The predicted molar refractivity (Wildman–Crippen MR) is 104 cm³/mol. The fraction of sp³-hybridized carbons (Fsp3) is 0.733. The summed E-state index contributed by atoms with van der Waals surface area (Å²) in [6.45, 7) is 3.39. The fourth-order valence-electron chi connectivity index (χ4n) is 3.29. The second-order valence-electron chi connectivity index (χ2n) is 6.56. The van der Waals surface area contributed by atoms with Crippen LogP contribution < -0.4 is 16.0 Å². The van der Waals surface area contributed by atoms with Gasteiger partial charge in [-0.15, -0.1) is 24.8 Å². The van der Waals surface area contributed by atoms with Crippen LogP contribution in [0.3, 0.4) is 0 Å². The molecule has 0 aliphatic carbocycles. The quantitative estimate of drug-likeness (QED) is 0.767. The van der Waals surface area contributed by atoms with Crippen LogP contribution in [-0.4, -0.2) is 56.9 Å². The molecule has 1 atom stereocenters. The summed E-state index contributed by atoms with van der Waals surface area (Å²) in [5.74, 6) is 0.757. The minimum Gasteiger partial charge on any atom is -0.341 e. The van der Waals surface area contributed by atoms with E-state index in [1.807, 2.05) is 0 Å². The Kier molecular flexibility index (Phi) is 8.34. The third kappa shape index (κ3) is 5.40. The van der Waals surface area contributed by atoms with Crippen LogP contribution in [0.2, 0.25) is 0 Å². The Morgan fingerprint density at radius 1 is 1.24 bits per heavy atom. The van der Waals surface area contributed by atoms with Gasteiger partial charge in [-0.2, -0.15) is 0 Å². The molecule has 1 aromatic heterocycles. The highest BCUT2D eigenvalue weighted by molar-refractivity contribution is 7.90. The molecule has 7 nitrogen and oxygen atoms in total. The lowest BCUT2D eigenvalue weighted by Gasteiger charge is -2.31. The number of rotatable bonds is 3. The zero-order valence-electron chi connectivity index (χ0n) is 14.3. The Balaban J connectivity index is 0.00000156. The Morgan fingerprint density at radius 2 is 1.92 bits per heavy atom. The van der Waals surface area contributed by atoms with Crippen LogP contribution in [0.4, 0.5) is 5.95 Å². The molecule has 1 unspecified atom stereocenters. The summed E-state index contributed by atoms with van der Waals surface area (Å²) in [6, 6.07) is 0.239. The molecule has 0 amide bonds. The van der Waals surface area contributed by atoms with Crippen LogP contribution in [-0.2, 0) is 9.84 Å². The average molecular weight is 412 g/mol. The molecule has 10 heteroatoms. The van der Waals surface area contributed by atoms with Crippen LogP contribution in [0.15, 0.2) is 11.1 Å². The van der Waals surface area contributed by atoms with Gasteiger partial charge >= 0.3 is 0 Å². The van der Waals surface area contributed by atoms with Crippen molar-refractivity contribution in [3.63, 3.8) is 0 Å². The summed E-state index contributed by atoms with van der Waals surface area (Å²) in [4.78, 5) is 11.4. The van der Waals surface area contributed by atoms with Gasteiger partial charge < -0.3 is 16.0 Å². The monoisotopic (exact) mass is 411 g/mol. The summed E-state index contributed by atoms with van der Waals surface area (Å²) >= 11 is 0. The molecule has 3 N–H and O–H groups in total. The van der Waals surface area contributed by atoms with E-state index >= 15 is 0 Å². The largest absolute Gasteiger partial charge is 0.341 e. The first kappa shape index (κ1) is 22.4. The van der Waals surface area contributed by atoms with E-state index in [0.717, 1.165) is 51.9 Å². The third-order valence-electron chi connectivity index (χ3n) is 4.68. The molecule has 0 spiro atoms. The zero-order valence-corrected chi connectivity index (χ0v) is 16.8. The molecule has 25 heavy (non-hydrogen) atoms. The lowest BCUT2D eigenvalue weighted by Crippen LogP contribution is -2.40. The van der Waals surface area contributed by atoms with Crippen molar-refractivity contribution >= 4 is 40.6 Å². The average Bonchev–Trinajstić information content (AvgIpc) is 2.55. The molecule has 0 bridgehead atoms. The van der Waals surface area contributed by atoms with Crippen molar-refractivity contribution in [2.24, 2.45) is 5.73 Å². The van der Waals surface area contributed by atoms with Gasteiger partial charge in [-0.1, -0.05) is 0 Å². The van der Waals surface area contributed by atoms with Crippen LogP contribution in [0, 0.1) is 0 Å². The van der Waals surface area contributed by atoms with Crippen LogP contribution in [0.25, 0.3) is 0 Å². The maximum absolute atomic E-state index is 12.1. The minimum atomic E-state index is -3.33. The van der Waals surface area contributed by atoms with E-state index in [2.05, 4.69) is 20.2 Å². The molecule has 2 saturated heterocycles. The van der Waals surface area contributed by atoms with Crippen molar-refractivity contribution in [3.8, 4) is 0 Å². The van der Waals surface area contributed by atoms with Gasteiger partial charge in [-0.05, 0) is 32.2 Å². The third-order valence-corrected chi connectivity index (χ3v) is 5.79. The number of hydrogen-bond donors (Lipinski definition) is 2. The van der Waals surface area contributed by atoms with Gasteiger partial charge in [0.2, 0.25) is 5.95 Å². The molecule has 0 saturated carbocycles. The van der Waals surface area contributed by atoms with Gasteiger partial charge in [-0.3, -0.25) is 0 Å². The number of aromatic nitrogens is 2. The number of anilines is 1. The van der Waals surface area contributed by atoms with Gasteiger partial charge in [0.15, 0.2) is 9.84 Å². The smallest absolute Gasteiger partial charge is 0.225 e. The Bertz CT molecular complexity index is 660. The maximum Gasteiger partial charge on any atom is 0.225 e. The topological polar surface area (TPSA) is 101 Å². The van der Waals surface area contributed by atoms with Crippen LogP contribution in [0.1, 0.15) is 37.3 Å². The lowest BCUT2D eigenvalue weighted by molar-refractivity contribution is 0.446. The predicted octanol–water partition coefficient (Wildman–Crippen LogP) is 1.12. The lowest BCUT2D eigenvalue weighted by atomic mass is 9.96. The van der Waals surface area contributed by atoms with Gasteiger partial charge in [0, 0.05) is 37.8 Å². The number of nitrogens with two attached hydrogens (primary N) is 1. The number of hydrogen-bond acceptors (Lipinski definition) is 7. The van der Waals surface area contributed by atoms with E-state index in [1.54, 1.807) is 0 Å². The standard InChI is InChI=1S/C15H25N5O2S.2ClH/c1-23(21,22)13-10-18-15(20-7-4-12(16)5-8-20)19-14(13)11-3-2-6-17-9-11;;/h10-12,17H,2-9,16H2,1H3;2*1H. The first-order valence-electron chi connectivity index (χ1n) is 8.23. The molecule has 2 fully saturated rings. The molecular formula is C15H27Cl2N5O2S. The van der Waals surface area contributed by atoms with Gasteiger partial charge in [0.1, 0.15) is 4.90 Å². The first-order chi connectivity index (χ1) is 10.9. The van der Waals surface area contributed by atoms with E-state index in [0.29, 0.717) is 11.6 Å². The first-order valence-corrected chi connectivity index (χ1v) is 10.1. The summed E-state index contributed by atoms with van der Waals surface area (Å²) in [5, 5.41) is 3.33. The number of nitrogens with zero attached hydrogens (tertiary/aromatic N) is 3. The van der Waals surface area contributed by atoms with Crippen molar-refractivity contribution in [3.05, 3.63) is 11.9 Å². The molecule has 0 aromatic carbocycles. The highest BCUT2D eigenvalue weighted by Gasteiger charge is 2.27. The molecule has 3 heterocycles. The number of sulfone groups is 1. The van der Waals surface area contributed by atoms with Crippen molar-refractivity contribution in [1.82, 2.24) is 15.3 Å². The Hall–Kier alpha value is -0.670. The van der Waals surface area contributed by atoms with Crippen molar-refractivity contribution in [1.29, 1.82) is 0 Å². The Labute approximate surface area is 161 Å². The van der Waals surface area contributed by atoms with Crippen molar-refractivity contribution in [2.75, 3.05) is 37.3 Å². The van der Waals surface area contributed by atoms with Gasteiger partial charge in [0.25, 0.3) is 0 Å². The van der Waals surface area contributed by atoms with Crippen molar-refractivity contribution in [2.45, 2.75) is 42.5 Å². The summed E-state index contributed by atoms with van der Waals surface area (Å²) in [6.07, 6.45) is 6.53. The van der Waals surface area contributed by atoms with E-state index < -0.39 is 9.84 Å². The number of piperidine rings is 2. The molecule has 2 aliphatic heterocycles. The fourth-order valence-corrected chi connectivity index (χ4v) is 4.13. The van der Waals surface area contributed by atoms with E-state index in [4.69, 9.17) is 5.73 Å². The van der Waals surface area contributed by atoms with E-state index in [9.17, 15) is 8.42 Å².